The number of alkyl halides is 3. The summed E-state index contributed by atoms with van der Waals surface area (Å²) in [5, 5.41) is -0.970. The van der Waals surface area contributed by atoms with E-state index in [4.69, 9.17) is 10.5 Å². The Labute approximate surface area is 240 Å². The summed E-state index contributed by atoms with van der Waals surface area (Å²) < 4.78 is 75.6. The molecule has 1 aromatic carbocycles. The lowest BCUT2D eigenvalue weighted by Crippen LogP contribution is -2.45. The number of hydrogen-bond donors (Lipinski definition) is 1. The molecule has 41 heavy (non-hydrogen) atoms. The number of benzene rings is 1. The van der Waals surface area contributed by atoms with Gasteiger partial charge >= 0.3 is 6.18 Å². The molecule has 11 heteroatoms. The van der Waals surface area contributed by atoms with Gasteiger partial charge in [-0.2, -0.15) is 13.2 Å². The van der Waals surface area contributed by atoms with Crippen LogP contribution in [0.2, 0.25) is 0 Å². The number of nitrogens with zero attached hydrogens (tertiary/aromatic N) is 2. The van der Waals surface area contributed by atoms with Gasteiger partial charge in [0.05, 0.1) is 11.8 Å². The zero-order valence-corrected chi connectivity index (χ0v) is 24.6. The number of ether oxygens (including phenoxy) is 1. The molecule has 2 aliphatic heterocycles. The molecule has 4 unspecified atom stereocenters. The number of carbonyl (C=O) groups is 1. The SMILES string of the molecule is CC1(C)OC(CC23CC4CC2CC(C(N)=O)(C4)C3)=NS(=O)(=O)[C@H]1c1ccc(C2CCN(CCC(F)(F)F)CC2)cc1. The second-order valence-corrected chi connectivity index (χ2v) is 15.7. The highest BCUT2D eigenvalue weighted by Gasteiger charge is 2.66. The molecule has 5 atom stereocenters. The predicted octanol–water partition coefficient (Wildman–Crippen LogP) is 5.47. The van der Waals surface area contributed by atoms with Crippen LogP contribution in [0.25, 0.3) is 0 Å². The third-order valence-corrected chi connectivity index (χ3v) is 12.7. The summed E-state index contributed by atoms with van der Waals surface area (Å²) in [6.07, 6.45) is 1.34. The minimum Gasteiger partial charge on any atom is -0.472 e. The van der Waals surface area contributed by atoms with Crippen molar-refractivity contribution in [3.05, 3.63) is 35.4 Å². The zero-order valence-electron chi connectivity index (χ0n) is 23.8. The van der Waals surface area contributed by atoms with E-state index in [2.05, 4.69) is 4.40 Å². The average molecular weight is 596 g/mol. The quantitative estimate of drug-likeness (QED) is 0.451. The van der Waals surface area contributed by atoms with E-state index in [1.165, 1.54) is 0 Å². The van der Waals surface area contributed by atoms with E-state index in [1.807, 2.05) is 29.2 Å². The van der Waals surface area contributed by atoms with Crippen LogP contribution in [0.4, 0.5) is 13.2 Å². The van der Waals surface area contributed by atoms with E-state index in [0.717, 1.165) is 44.1 Å². The van der Waals surface area contributed by atoms with Gasteiger partial charge in [-0.15, -0.1) is 4.40 Å². The summed E-state index contributed by atoms with van der Waals surface area (Å²) in [6.45, 7) is 4.83. The number of sulfonamides is 1. The maximum atomic E-state index is 13.6. The van der Waals surface area contributed by atoms with Gasteiger partial charge in [0.1, 0.15) is 10.9 Å². The van der Waals surface area contributed by atoms with Gasteiger partial charge in [0.25, 0.3) is 10.0 Å². The molecule has 4 saturated carbocycles. The molecule has 0 aromatic heterocycles. The molecule has 7 rings (SSSR count). The summed E-state index contributed by atoms with van der Waals surface area (Å²) in [5.41, 5.74) is 5.81. The molecule has 7 nitrogen and oxygen atoms in total. The van der Waals surface area contributed by atoms with E-state index in [0.29, 0.717) is 43.3 Å². The predicted molar refractivity (Wildman–Crippen MR) is 149 cm³/mol. The normalized spacial score (nSPS) is 36.2. The first-order valence-corrected chi connectivity index (χ1v) is 16.3. The lowest BCUT2D eigenvalue weighted by Gasteiger charge is -2.41. The standard InChI is InChI=1S/C30H40F3N3O4S/c1-27(2)25(22-5-3-20(4-6-22)21-7-10-36(11-8-21)12-9-30(31,32)33)41(38,39)35-24(40-27)17-28-14-19-13-23(28)16-29(15-19,18-28)26(34)37/h3-6,19,21,23,25H,7-18H2,1-2H3,(H2,34,37)/t19?,23?,25-,28?,29?/m0/s1. The summed E-state index contributed by atoms with van der Waals surface area (Å²) in [5.74, 6) is 1.02. The van der Waals surface area contributed by atoms with Crippen LogP contribution in [0.3, 0.4) is 0 Å². The third-order valence-electron chi connectivity index (χ3n) is 10.8. The fraction of sp³-hybridized carbons (Fsp3) is 0.733. The van der Waals surface area contributed by atoms with Crippen molar-refractivity contribution in [3.63, 3.8) is 0 Å². The minimum absolute atomic E-state index is 0.0284. The van der Waals surface area contributed by atoms with Crippen LogP contribution in [-0.4, -0.2) is 56.5 Å². The van der Waals surface area contributed by atoms with Gasteiger partial charge in [0, 0.05) is 13.0 Å². The summed E-state index contributed by atoms with van der Waals surface area (Å²) in [7, 11) is -3.93. The van der Waals surface area contributed by atoms with Gasteiger partial charge in [0.15, 0.2) is 0 Å². The van der Waals surface area contributed by atoms with Crippen molar-refractivity contribution < 1.29 is 31.1 Å². The summed E-state index contributed by atoms with van der Waals surface area (Å²) in [4.78, 5) is 14.2. The molecule has 0 radical (unpaired) electrons. The van der Waals surface area contributed by atoms with Crippen molar-refractivity contribution in [2.24, 2.45) is 32.8 Å². The second-order valence-electron chi connectivity index (χ2n) is 14.0. The highest BCUT2D eigenvalue weighted by Crippen LogP contribution is 2.71. The number of primary amides is 1. The summed E-state index contributed by atoms with van der Waals surface area (Å²) in [6, 6.07) is 7.52. The van der Waals surface area contributed by atoms with Crippen LogP contribution in [0.15, 0.2) is 28.7 Å². The van der Waals surface area contributed by atoms with Crippen molar-refractivity contribution >= 4 is 21.8 Å². The lowest BCUT2D eigenvalue weighted by atomic mass is 9.66. The number of rotatable bonds is 7. The molecule has 1 saturated heterocycles. The molecule has 1 amide bonds. The monoisotopic (exact) mass is 595 g/mol. The zero-order chi connectivity index (χ0) is 29.4. The largest absolute Gasteiger partial charge is 0.472 e. The number of piperidine rings is 1. The van der Waals surface area contributed by atoms with Crippen LogP contribution < -0.4 is 5.73 Å². The Bertz CT molecular complexity index is 1340. The van der Waals surface area contributed by atoms with Gasteiger partial charge in [-0.25, -0.2) is 8.42 Å². The van der Waals surface area contributed by atoms with Crippen LogP contribution >= 0.6 is 0 Å². The second kappa shape index (κ2) is 9.69. The molecule has 226 valence electrons. The fourth-order valence-corrected chi connectivity index (χ4v) is 11.0. The number of halogens is 3. The first-order chi connectivity index (χ1) is 19.1. The Hall–Kier alpha value is -2.14. The number of hydrogen-bond acceptors (Lipinski definition) is 5. The molecule has 2 N–H and O–H groups in total. The van der Waals surface area contributed by atoms with Gasteiger partial charge < -0.3 is 15.4 Å². The number of nitrogens with two attached hydrogens (primary N) is 1. The molecule has 2 heterocycles. The van der Waals surface area contributed by atoms with E-state index >= 15 is 0 Å². The molecule has 1 aromatic rings. The number of carbonyl (C=O) groups excluding carboxylic acids is 1. The molecule has 4 aliphatic carbocycles. The molecule has 6 aliphatic rings. The highest BCUT2D eigenvalue weighted by atomic mass is 32.2. The Balaban J connectivity index is 1.15. The topological polar surface area (TPSA) is 102 Å². The lowest BCUT2D eigenvalue weighted by molar-refractivity contribution is -0.138. The van der Waals surface area contributed by atoms with E-state index in [-0.39, 0.29) is 29.7 Å². The van der Waals surface area contributed by atoms with Gasteiger partial charge in [-0.3, -0.25) is 4.79 Å². The van der Waals surface area contributed by atoms with Gasteiger partial charge in [0.2, 0.25) is 11.8 Å². The van der Waals surface area contributed by atoms with Crippen LogP contribution in [0, 0.1) is 22.7 Å². The van der Waals surface area contributed by atoms with Crippen LogP contribution in [0.1, 0.15) is 93.9 Å². The molecule has 4 bridgehead atoms. The smallest absolute Gasteiger partial charge is 0.390 e. The van der Waals surface area contributed by atoms with E-state index < -0.39 is 38.9 Å². The number of likely N-dealkylation sites (tertiary alicyclic amines) is 1. The van der Waals surface area contributed by atoms with Crippen LogP contribution in [0.5, 0.6) is 0 Å². The van der Waals surface area contributed by atoms with Crippen molar-refractivity contribution in [1.29, 1.82) is 0 Å². The van der Waals surface area contributed by atoms with Crippen molar-refractivity contribution in [2.75, 3.05) is 19.6 Å². The number of amides is 1. The summed E-state index contributed by atoms with van der Waals surface area (Å²) >= 11 is 0. The van der Waals surface area contributed by atoms with E-state index in [1.54, 1.807) is 13.8 Å². The first kappa shape index (κ1) is 29.0. The van der Waals surface area contributed by atoms with Gasteiger partial charge in [-0.05, 0) is 106 Å². The van der Waals surface area contributed by atoms with Crippen molar-refractivity contribution in [1.82, 2.24) is 4.90 Å². The maximum absolute atomic E-state index is 13.6. The Kier molecular flexibility index (Phi) is 6.84. The Morgan fingerprint density at radius 2 is 1.76 bits per heavy atom. The van der Waals surface area contributed by atoms with Gasteiger partial charge in [-0.1, -0.05) is 24.3 Å². The highest BCUT2D eigenvalue weighted by molar-refractivity contribution is 7.90. The average Bonchev–Trinajstić information content (AvgIpc) is 3.22. The fourth-order valence-electron chi connectivity index (χ4n) is 9.23. The molecular formula is C30H40F3N3O4S. The van der Waals surface area contributed by atoms with Crippen molar-refractivity contribution in [3.8, 4) is 0 Å². The third kappa shape index (κ3) is 5.30. The molecule has 0 spiro atoms. The first-order valence-electron chi connectivity index (χ1n) is 14.8. The maximum Gasteiger partial charge on any atom is 0.390 e. The minimum atomic E-state index is -4.14. The van der Waals surface area contributed by atoms with Crippen LogP contribution in [-0.2, 0) is 19.6 Å². The molecule has 5 fully saturated rings. The Morgan fingerprint density at radius 1 is 1.10 bits per heavy atom. The van der Waals surface area contributed by atoms with Crippen molar-refractivity contribution in [2.45, 2.75) is 94.6 Å². The Morgan fingerprint density at radius 3 is 2.37 bits per heavy atom. The molecular weight excluding hydrogens is 555 g/mol. The van der Waals surface area contributed by atoms with E-state index in [9.17, 15) is 26.4 Å².